The molecule has 1 aromatic heterocycles. The van der Waals surface area contributed by atoms with E-state index in [2.05, 4.69) is 5.32 Å². The zero-order valence-electron chi connectivity index (χ0n) is 15.8. The number of thiophene rings is 1. The fourth-order valence-electron chi connectivity index (χ4n) is 3.49. The number of carbonyl (C=O) groups is 2. The van der Waals surface area contributed by atoms with E-state index in [4.69, 9.17) is 0 Å². The fourth-order valence-corrected chi connectivity index (χ4v) is 4.66. The van der Waals surface area contributed by atoms with Gasteiger partial charge in [0.25, 0.3) is 5.91 Å². The van der Waals surface area contributed by atoms with Crippen molar-refractivity contribution in [2.24, 2.45) is 5.92 Å². The molecule has 1 atom stereocenters. The van der Waals surface area contributed by atoms with Gasteiger partial charge < -0.3 is 10.2 Å². The molecule has 0 saturated carbocycles. The highest BCUT2D eigenvalue weighted by Crippen LogP contribution is 2.33. The van der Waals surface area contributed by atoms with Gasteiger partial charge in [0.2, 0.25) is 5.91 Å². The second-order valence-corrected chi connectivity index (χ2v) is 7.92. The minimum atomic E-state index is -0.305. The van der Waals surface area contributed by atoms with Crippen LogP contribution in [0.15, 0.2) is 30.3 Å². The zero-order chi connectivity index (χ0) is 19.4. The number of hydrogen-bond acceptors (Lipinski definition) is 3. The molecule has 0 fully saturated rings. The zero-order valence-corrected chi connectivity index (χ0v) is 16.6. The third-order valence-electron chi connectivity index (χ3n) is 5.13. The predicted molar refractivity (Wildman–Crippen MR) is 105 cm³/mol. The maximum absolute atomic E-state index is 13.7. The summed E-state index contributed by atoms with van der Waals surface area (Å²) in [5.74, 6) is -0.414. The van der Waals surface area contributed by atoms with Crippen LogP contribution in [0, 0.1) is 11.7 Å². The second-order valence-electron chi connectivity index (χ2n) is 6.79. The van der Waals surface area contributed by atoms with Gasteiger partial charge in [0.15, 0.2) is 0 Å². The standard InChI is InChI=1S/C21H25FN2O2S/c1-3-24(4-2)21(26)19-12-16-11-14(9-10-18(16)27-19)20(25)23-13-15-7-5-6-8-17(15)22/h5-8,12,14H,3-4,9-11,13H2,1-2H3,(H,23,25)/t14-/m0/s1. The minimum absolute atomic E-state index is 0.0493. The third-order valence-corrected chi connectivity index (χ3v) is 6.35. The largest absolute Gasteiger partial charge is 0.352 e. The van der Waals surface area contributed by atoms with E-state index in [1.807, 2.05) is 24.8 Å². The van der Waals surface area contributed by atoms with Crippen molar-refractivity contribution >= 4 is 23.2 Å². The van der Waals surface area contributed by atoms with Crippen LogP contribution in [0.5, 0.6) is 0 Å². The van der Waals surface area contributed by atoms with Crippen molar-refractivity contribution in [2.45, 2.75) is 39.7 Å². The molecule has 27 heavy (non-hydrogen) atoms. The van der Waals surface area contributed by atoms with E-state index in [-0.39, 0.29) is 30.1 Å². The number of benzene rings is 1. The van der Waals surface area contributed by atoms with Crippen LogP contribution in [0.2, 0.25) is 0 Å². The molecule has 2 aromatic rings. The van der Waals surface area contributed by atoms with E-state index in [0.717, 1.165) is 23.3 Å². The number of halogens is 1. The average Bonchev–Trinajstić information content (AvgIpc) is 3.11. The first-order valence-electron chi connectivity index (χ1n) is 9.45. The lowest BCUT2D eigenvalue weighted by Crippen LogP contribution is -2.33. The van der Waals surface area contributed by atoms with Crippen molar-refractivity contribution < 1.29 is 14.0 Å². The second kappa shape index (κ2) is 8.65. The van der Waals surface area contributed by atoms with E-state index in [0.29, 0.717) is 25.1 Å². The highest BCUT2D eigenvalue weighted by molar-refractivity contribution is 7.14. The van der Waals surface area contributed by atoms with Gasteiger partial charge in [0, 0.05) is 36.0 Å². The van der Waals surface area contributed by atoms with Crippen molar-refractivity contribution in [3.63, 3.8) is 0 Å². The molecule has 0 saturated heterocycles. The number of hydrogen-bond donors (Lipinski definition) is 1. The molecule has 0 spiro atoms. The molecule has 0 unspecified atom stereocenters. The Bertz CT molecular complexity index is 829. The number of nitrogens with zero attached hydrogens (tertiary/aromatic N) is 1. The predicted octanol–water partition coefficient (Wildman–Crippen LogP) is 3.79. The van der Waals surface area contributed by atoms with Crippen LogP contribution in [0.4, 0.5) is 4.39 Å². The summed E-state index contributed by atoms with van der Waals surface area (Å²) in [6.45, 7) is 5.54. The van der Waals surface area contributed by atoms with Crippen LogP contribution < -0.4 is 5.32 Å². The number of rotatable bonds is 6. The number of fused-ring (bicyclic) bond motifs is 1. The summed E-state index contributed by atoms with van der Waals surface area (Å²) < 4.78 is 13.7. The van der Waals surface area contributed by atoms with Crippen molar-refractivity contribution in [3.05, 3.63) is 57.0 Å². The molecular formula is C21H25FN2O2S. The Labute approximate surface area is 163 Å². The normalized spacial score (nSPS) is 15.9. The van der Waals surface area contributed by atoms with Gasteiger partial charge in [-0.3, -0.25) is 9.59 Å². The molecule has 3 rings (SSSR count). The monoisotopic (exact) mass is 388 g/mol. The minimum Gasteiger partial charge on any atom is -0.352 e. The first-order valence-corrected chi connectivity index (χ1v) is 10.3. The Hall–Kier alpha value is -2.21. The molecule has 1 N–H and O–H groups in total. The third kappa shape index (κ3) is 4.38. The number of carbonyl (C=O) groups excluding carboxylic acids is 2. The lowest BCUT2D eigenvalue weighted by molar-refractivity contribution is -0.125. The van der Waals surface area contributed by atoms with Crippen LogP contribution in [0.1, 0.15) is 45.9 Å². The van der Waals surface area contributed by atoms with Gasteiger partial charge in [-0.1, -0.05) is 18.2 Å². The molecule has 2 amide bonds. The average molecular weight is 389 g/mol. The smallest absolute Gasteiger partial charge is 0.263 e. The van der Waals surface area contributed by atoms with Gasteiger partial charge in [0.1, 0.15) is 5.82 Å². The van der Waals surface area contributed by atoms with E-state index in [1.165, 1.54) is 10.9 Å². The summed E-state index contributed by atoms with van der Waals surface area (Å²) in [5, 5.41) is 2.86. The van der Waals surface area contributed by atoms with Crippen molar-refractivity contribution in [2.75, 3.05) is 13.1 Å². The summed E-state index contributed by atoms with van der Waals surface area (Å²) in [6, 6.07) is 8.43. The Kier molecular flexibility index (Phi) is 6.26. The van der Waals surface area contributed by atoms with Crippen molar-refractivity contribution in [1.29, 1.82) is 0 Å². The van der Waals surface area contributed by atoms with Crippen LogP contribution in [-0.2, 0) is 24.2 Å². The summed E-state index contributed by atoms with van der Waals surface area (Å²) in [6.07, 6.45) is 2.21. The first kappa shape index (κ1) is 19.5. The fraction of sp³-hybridized carbons (Fsp3) is 0.429. The molecule has 144 valence electrons. The van der Waals surface area contributed by atoms with Crippen molar-refractivity contribution in [1.82, 2.24) is 10.2 Å². The highest BCUT2D eigenvalue weighted by Gasteiger charge is 2.28. The Balaban J connectivity index is 1.63. The van der Waals surface area contributed by atoms with Crippen molar-refractivity contribution in [3.8, 4) is 0 Å². The lowest BCUT2D eigenvalue weighted by atomic mass is 9.87. The quantitative estimate of drug-likeness (QED) is 0.819. The molecule has 0 bridgehead atoms. The summed E-state index contributed by atoms with van der Waals surface area (Å²) in [4.78, 5) is 28.9. The van der Waals surface area contributed by atoms with Gasteiger partial charge in [0.05, 0.1) is 4.88 Å². The summed E-state index contributed by atoms with van der Waals surface area (Å²) in [5.41, 5.74) is 1.60. The van der Waals surface area contributed by atoms with E-state index in [9.17, 15) is 14.0 Å². The molecule has 0 radical (unpaired) electrons. The topological polar surface area (TPSA) is 49.4 Å². The van der Waals surface area contributed by atoms with Crippen LogP contribution >= 0.6 is 11.3 Å². The Morgan fingerprint density at radius 3 is 2.70 bits per heavy atom. The lowest BCUT2D eigenvalue weighted by Gasteiger charge is -2.21. The SMILES string of the molecule is CCN(CC)C(=O)c1cc2c(s1)CC[C@H](C(=O)NCc1ccccc1F)C2. The molecule has 1 aliphatic carbocycles. The summed E-state index contributed by atoms with van der Waals surface area (Å²) in [7, 11) is 0. The number of amides is 2. The molecule has 1 aliphatic rings. The van der Waals surface area contributed by atoms with Gasteiger partial charge in [-0.15, -0.1) is 11.3 Å². The van der Waals surface area contributed by atoms with E-state index in [1.54, 1.807) is 29.5 Å². The van der Waals surface area contributed by atoms with E-state index >= 15 is 0 Å². The van der Waals surface area contributed by atoms with Crippen LogP contribution in [0.3, 0.4) is 0 Å². The van der Waals surface area contributed by atoms with Gasteiger partial charge >= 0.3 is 0 Å². The Morgan fingerprint density at radius 1 is 1.26 bits per heavy atom. The first-order chi connectivity index (χ1) is 13.0. The molecular weight excluding hydrogens is 363 g/mol. The molecule has 1 aromatic carbocycles. The molecule has 1 heterocycles. The molecule has 6 heteroatoms. The molecule has 4 nitrogen and oxygen atoms in total. The van der Waals surface area contributed by atoms with Crippen LogP contribution in [-0.4, -0.2) is 29.8 Å². The van der Waals surface area contributed by atoms with E-state index < -0.39 is 0 Å². The van der Waals surface area contributed by atoms with Crippen LogP contribution in [0.25, 0.3) is 0 Å². The summed E-state index contributed by atoms with van der Waals surface area (Å²) >= 11 is 1.56. The highest BCUT2D eigenvalue weighted by atomic mass is 32.1. The number of aryl methyl sites for hydroxylation is 1. The maximum Gasteiger partial charge on any atom is 0.263 e. The molecule has 0 aliphatic heterocycles. The van der Waals surface area contributed by atoms with Gasteiger partial charge in [-0.2, -0.15) is 0 Å². The number of nitrogens with one attached hydrogen (secondary N) is 1. The maximum atomic E-state index is 13.7. The van der Waals surface area contributed by atoms with Gasteiger partial charge in [-0.25, -0.2) is 4.39 Å². The van der Waals surface area contributed by atoms with Gasteiger partial charge in [-0.05, 0) is 50.8 Å². The Morgan fingerprint density at radius 2 is 2.00 bits per heavy atom.